The van der Waals surface area contributed by atoms with Crippen LogP contribution >= 0.6 is 0 Å². The smallest absolute Gasteiger partial charge is 0.250 e. The fourth-order valence-corrected chi connectivity index (χ4v) is 3.21. The van der Waals surface area contributed by atoms with Gasteiger partial charge in [-0.2, -0.15) is 0 Å². The van der Waals surface area contributed by atoms with E-state index in [1.165, 1.54) is 0 Å². The molecule has 0 heterocycles. The molecule has 4 amide bonds. The van der Waals surface area contributed by atoms with Crippen LogP contribution in [0.3, 0.4) is 0 Å². The molecule has 0 bridgehead atoms. The summed E-state index contributed by atoms with van der Waals surface area (Å²) in [6, 6.07) is 0. The van der Waals surface area contributed by atoms with Gasteiger partial charge in [0.1, 0.15) is 5.54 Å². The van der Waals surface area contributed by atoms with Gasteiger partial charge in [0.15, 0.2) is 0 Å². The highest BCUT2D eigenvalue weighted by molar-refractivity contribution is 5.93. The molecule has 0 spiro atoms. The second-order valence-electron chi connectivity index (χ2n) is 11.5. The van der Waals surface area contributed by atoms with E-state index in [-0.39, 0.29) is 75.1 Å². The average molecular weight is 605 g/mol. The fraction of sp³-hybridized carbons (Fsp3) is 0.562. The Morgan fingerprint density at radius 1 is 0.651 bits per heavy atom. The lowest BCUT2D eigenvalue weighted by Crippen LogP contribution is -2.59. The molecule has 0 aromatic heterocycles. The van der Waals surface area contributed by atoms with E-state index < -0.39 is 5.54 Å². The summed E-state index contributed by atoms with van der Waals surface area (Å²) in [4.78, 5) is 48.3. The van der Waals surface area contributed by atoms with Gasteiger partial charge in [-0.15, -0.1) is 0 Å². The minimum absolute atomic E-state index is 0.0210. The molecule has 0 aliphatic rings. The topological polar surface area (TPSA) is 144 Å². The normalized spacial score (nSPS) is 14.0. The minimum Gasteiger partial charge on any atom is -0.378 e. The molecule has 0 aromatic carbocycles. The summed E-state index contributed by atoms with van der Waals surface area (Å²) < 4.78 is 18.0. The Hall–Kier alpha value is -3.54. The van der Waals surface area contributed by atoms with Gasteiger partial charge >= 0.3 is 0 Å². The van der Waals surface area contributed by atoms with Crippen molar-refractivity contribution in [1.82, 2.24) is 21.3 Å². The number of carbonyl (C=O) groups is 4. The summed E-state index contributed by atoms with van der Waals surface area (Å²) in [5.41, 5.74) is 1.15. The predicted molar refractivity (Wildman–Crippen MR) is 169 cm³/mol. The van der Waals surface area contributed by atoms with Gasteiger partial charge in [-0.1, -0.05) is 40.2 Å². The Labute approximate surface area is 257 Å². The number of ether oxygens (including phenoxy) is 3. The molecule has 2 atom stereocenters. The van der Waals surface area contributed by atoms with Crippen molar-refractivity contribution in [2.24, 2.45) is 11.8 Å². The van der Waals surface area contributed by atoms with Crippen LogP contribution in [0.15, 0.2) is 60.4 Å². The molecule has 0 aliphatic carbocycles. The number of amides is 4. The molecule has 0 saturated carbocycles. The van der Waals surface area contributed by atoms with E-state index in [1.54, 1.807) is 40.8 Å². The predicted octanol–water partition coefficient (Wildman–Crippen LogP) is 2.72. The molecule has 0 fully saturated rings. The van der Waals surface area contributed by atoms with Crippen LogP contribution in [0.4, 0.5) is 0 Å². The van der Waals surface area contributed by atoms with Crippen LogP contribution in [0.2, 0.25) is 0 Å². The van der Waals surface area contributed by atoms with Gasteiger partial charge in [0.05, 0.1) is 39.6 Å². The molecule has 11 heteroatoms. The van der Waals surface area contributed by atoms with Crippen LogP contribution in [0.5, 0.6) is 0 Å². The number of rotatable bonds is 22. The summed E-state index contributed by atoms with van der Waals surface area (Å²) in [6.45, 7) is 28.4. The van der Waals surface area contributed by atoms with Crippen molar-refractivity contribution in [2.75, 3.05) is 52.7 Å². The number of hydrogen-bond donors (Lipinski definition) is 4. The molecule has 242 valence electrons. The molecule has 2 unspecified atom stereocenters. The van der Waals surface area contributed by atoms with Gasteiger partial charge in [0.2, 0.25) is 23.6 Å². The zero-order valence-electron chi connectivity index (χ0n) is 27.1. The van der Waals surface area contributed by atoms with Gasteiger partial charge in [-0.3, -0.25) is 19.2 Å². The van der Waals surface area contributed by atoms with E-state index in [0.29, 0.717) is 35.4 Å². The lowest BCUT2D eigenvalue weighted by Gasteiger charge is -2.35. The quantitative estimate of drug-likeness (QED) is 0.139. The van der Waals surface area contributed by atoms with Crippen LogP contribution in [-0.4, -0.2) is 81.9 Å². The zero-order valence-corrected chi connectivity index (χ0v) is 27.1. The van der Waals surface area contributed by atoms with Crippen LogP contribution in [-0.2, 0) is 33.4 Å². The standard InChI is InChI=1S/C32H52N4O7/c1-21(2)28(37)33-12-25(9)15-41-18-32(36-31(40)24(7)8,19-42-16-26(10)13-34-29(38)22(3)4)20-43-17-27(11)14-35-30(39)23(5)6/h12,26-27H,1,3,5,7,13-20H2,2,4,6,8-11H3,(H,33,37)(H,34,38)(H,35,39)(H,36,40)/b25-12+. The van der Waals surface area contributed by atoms with Crippen molar-refractivity contribution < 1.29 is 33.4 Å². The summed E-state index contributed by atoms with van der Waals surface area (Å²) in [6.07, 6.45) is 1.54. The largest absolute Gasteiger partial charge is 0.378 e. The van der Waals surface area contributed by atoms with Gasteiger partial charge in [-0.25, -0.2) is 0 Å². The summed E-state index contributed by atoms with van der Waals surface area (Å²) in [5.74, 6) is -1.20. The first-order chi connectivity index (χ1) is 20.0. The van der Waals surface area contributed by atoms with Gasteiger partial charge in [0, 0.05) is 41.6 Å². The number of carbonyl (C=O) groups excluding carboxylic acids is 4. The third-order valence-electron chi connectivity index (χ3n) is 5.87. The highest BCUT2D eigenvalue weighted by Crippen LogP contribution is 2.13. The molecule has 0 aromatic rings. The van der Waals surface area contributed by atoms with E-state index in [0.717, 1.165) is 5.57 Å². The van der Waals surface area contributed by atoms with Crippen molar-refractivity contribution in [1.29, 1.82) is 0 Å². The molecular weight excluding hydrogens is 552 g/mol. The molecule has 4 N–H and O–H groups in total. The Kier molecular flexibility index (Phi) is 18.7. The van der Waals surface area contributed by atoms with E-state index in [2.05, 4.69) is 47.6 Å². The van der Waals surface area contributed by atoms with Crippen LogP contribution in [0, 0.1) is 11.8 Å². The SMILES string of the molecule is C=C(C)C(=O)N/C=C(\C)COCC(COCC(C)CNC(=O)C(=C)C)(COCC(C)CNC(=O)C(=C)C)NC(=O)C(=C)C. The maximum absolute atomic E-state index is 12.8. The lowest BCUT2D eigenvalue weighted by molar-refractivity contribution is -0.124. The molecule has 0 radical (unpaired) electrons. The average Bonchev–Trinajstić information content (AvgIpc) is 2.92. The van der Waals surface area contributed by atoms with Crippen molar-refractivity contribution in [3.63, 3.8) is 0 Å². The van der Waals surface area contributed by atoms with Crippen molar-refractivity contribution in [3.8, 4) is 0 Å². The van der Waals surface area contributed by atoms with E-state index in [4.69, 9.17) is 14.2 Å². The van der Waals surface area contributed by atoms with Crippen molar-refractivity contribution in [3.05, 3.63) is 60.4 Å². The Bertz CT molecular complexity index is 1020. The molecular formula is C32H52N4O7. The highest BCUT2D eigenvalue weighted by Gasteiger charge is 2.34. The van der Waals surface area contributed by atoms with Gasteiger partial charge in [-0.05, 0) is 52.0 Å². The molecule has 0 saturated heterocycles. The van der Waals surface area contributed by atoms with Gasteiger partial charge in [0.25, 0.3) is 0 Å². The first-order valence-electron chi connectivity index (χ1n) is 14.2. The monoisotopic (exact) mass is 604 g/mol. The lowest BCUT2D eigenvalue weighted by atomic mass is 10.0. The maximum Gasteiger partial charge on any atom is 0.250 e. The fourth-order valence-electron chi connectivity index (χ4n) is 3.21. The maximum atomic E-state index is 12.8. The Morgan fingerprint density at radius 2 is 1.05 bits per heavy atom. The highest BCUT2D eigenvalue weighted by atomic mass is 16.5. The number of nitrogens with one attached hydrogen (secondary N) is 4. The molecule has 0 rings (SSSR count). The summed E-state index contributed by atoms with van der Waals surface area (Å²) >= 11 is 0. The van der Waals surface area contributed by atoms with E-state index in [9.17, 15) is 19.2 Å². The third kappa shape index (κ3) is 17.9. The second-order valence-corrected chi connectivity index (χ2v) is 11.5. The zero-order chi connectivity index (χ0) is 33.2. The second kappa shape index (κ2) is 20.4. The molecule has 43 heavy (non-hydrogen) atoms. The van der Waals surface area contributed by atoms with Crippen LogP contribution in [0.25, 0.3) is 0 Å². The van der Waals surface area contributed by atoms with Crippen LogP contribution < -0.4 is 21.3 Å². The number of hydrogen-bond acceptors (Lipinski definition) is 7. The van der Waals surface area contributed by atoms with Crippen molar-refractivity contribution >= 4 is 23.6 Å². The summed E-state index contributed by atoms with van der Waals surface area (Å²) in [7, 11) is 0. The van der Waals surface area contributed by atoms with E-state index >= 15 is 0 Å². The first kappa shape index (κ1) is 39.5. The first-order valence-corrected chi connectivity index (χ1v) is 14.2. The molecule has 11 nitrogen and oxygen atoms in total. The minimum atomic E-state index is -1.10. The van der Waals surface area contributed by atoms with E-state index in [1.807, 2.05) is 13.8 Å². The van der Waals surface area contributed by atoms with Gasteiger partial charge < -0.3 is 35.5 Å². The van der Waals surface area contributed by atoms with Crippen molar-refractivity contribution in [2.45, 2.75) is 54.0 Å². The van der Waals surface area contributed by atoms with Crippen LogP contribution in [0.1, 0.15) is 48.5 Å². The third-order valence-corrected chi connectivity index (χ3v) is 5.87. The Morgan fingerprint density at radius 3 is 1.44 bits per heavy atom. The Balaban J connectivity index is 5.64. The molecule has 0 aliphatic heterocycles. The summed E-state index contributed by atoms with van der Waals surface area (Å²) in [5, 5.41) is 11.2.